The van der Waals surface area contributed by atoms with Crippen LogP contribution in [0.4, 0.5) is 5.69 Å². The molecule has 128 valence electrons. The second kappa shape index (κ2) is 7.15. The molecule has 24 heavy (non-hydrogen) atoms. The molecule has 1 amide bonds. The monoisotopic (exact) mass is 346 g/mol. The number of likely N-dealkylation sites (N-methyl/N-ethyl adjacent to an activating group) is 1. The van der Waals surface area contributed by atoms with E-state index in [2.05, 4.69) is 5.32 Å². The van der Waals surface area contributed by atoms with E-state index in [4.69, 9.17) is 0 Å². The summed E-state index contributed by atoms with van der Waals surface area (Å²) in [7, 11) is -2.29. The quantitative estimate of drug-likeness (QED) is 0.905. The summed E-state index contributed by atoms with van der Waals surface area (Å²) in [6.45, 7) is 5.51. The normalized spacial score (nSPS) is 11.5. The molecule has 0 bridgehead atoms. The lowest BCUT2D eigenvalue weighted by Crippen LogP contribution is -2.35. The summed E-state index contributed by atoms with van der Waals surface area (Å²) in [5.41, 5.74) is 3.70. The highest BCUT2D eigenvalue weighted by Gasteiger charge is 2.23. The van der Waals surface area contributed by atoms with Crippen LogP contribution < -0.4 is 5.32 Å². The average Bonchev–Trinajstić information content (AvgIpc) is 2.50. The van der Waals surface area contributed by atoms with Crippen molar-refractivity contribution >= 4 is 21.6 Å². The number of hydrogen-bond acceptors (Lipinski definition) is 3. The number of aryl methyl sites for hydroxylation is 3. The van der Waals surface area contributed by atoms with E-state index in [1.54, 1.807) is 24.3 Å². The van der Waals surface area contributed by atoms with Gasteiger partial charge in [-0.15, -0.1) is 0 Å². The highest BCUT2D eigenvalue weighted by molar-refractivity contribution is 7.89. The van der Waals surface area contributed by atoms with Gasteiger partial charge >= 0.3 is 0 Å². The fourth-order valence-corrected chi connectivity index (χ4v) is 3.45. The van der Waals surface area contributed by atoms with Crippen LogP contribution in [0.25, 0.3) is 0 Å². The fraction of sp³-hybridized carbons (Fsp3) is 0.278. The van der Waals surface area contributed by atoms with Gasteiger partial charge in [0.15, 0.2) is 0 Å². The first-order valence-electron chi connectivity index (χ1n) is 7.60. The van der Waals surface area contributed by atoms with E-state index in [0.717, 1.165) is 21.0 Å². The number of carbonyl (C=O) groups is 1. The second-order valence-electron chi connectivity index (χ2n) is 5.94. The van der Waals surface area contributed by atoms with Crippen LogP contribution in [0.5, 0.6) is 0 Å². The lowest BCUT2D eigenvalue weighted by Gasteiger charge is -2.17. The molecule has 2 aromatic rings. The number of nitrogens with zero attached hydrogens (tertiary/aromatic N) is 1. The number of benzene rings is 2. The molecule has 6 heteroatoms. The van der Waals surface area contributed by atoms with E-state index in [1.165, 1.54) is 7.05 Å². The Labute approximate surface area is 143 Å². The Hall–Kier alpha value is -2.18. The number of carbonyl (C=O) groups excluding carboxylic acids is 1. The predicted octanol–water partition coefficient (Wildman–Crippen LogP) is 2.87. The molecular weight excluding hydrogens is 324 g/mol. The number of amides is 1. The topological polar surface area (TPSA) is 66.5 Å². The van der Waals surface area contributed by atoms with Gasteiger partial charge in [-0.1, -0.05) is 35.4 Å². The third-order valence-electron chi connectivity index (χ3n) is 3.75. The van der Waals surface area contributed by atoms with E-state index in [1.807, 2.05) is 39.0 Å². The van der Waals surface area contributed by atoms with Gasteiger partial charge in [-0.2, -0.15) is 4.31 Å². The van der Waals surface area contributed by atoms with Crippen molar-refractivity contribution in [2.75, 3.05) is 18.9 Å². The Morgan fingerprint density at radius 2 is 1.58 bits per heavy atom. The van der Waals surface area contributed by atoms with Gasteiger partial charge in [0, 0.05) is 12.7 Å². The van der Waals surface area contributed by atoms with E-state index in [-0.39, 0.29) is 17.3 Å². The Kier molecular flexibility index (Phi) is 5.41. The van der Waals surface area contributed by atoms with Gasteiger partial charge in [-0.3, -0.25) is 4.79 Å². The minimum atomic E-state index is -3.69. The zero-order valence-corrected chi connectivity index (χ0v) is 15.1. The van der Waals surface area contributed by atoms with E-state index in [9.17, 15) is 13.2 Å². The molecule has 0 aliphatic heterocycles. The molecular formula is C18H22N2O3S. The maximum absolute atomic E-state index is 12.5. The summed E-state index contributed by atoms with van der Waals surface area (Å²) in [6, 6.07) is 12.2. The van der Waals surface area contributed by atoms with Crippen LogP contribution >= 0.6 is 0 Å². The first-order chi connectivity index (χ1) is 11.2. The Bertz CT molecular complexity index is 843. The van der Waals surface area contributed by atoms with Gasteiger partial charge in [-0.05, 0) is 44.5 Å². The molecule has 0 aromatic heterocycles. The molecule has 0 saturated carbocycles. The molecule has 0 radical (unpaired) electrons. The van der Waals surface area contributed by atoms with Gasteiger partial charge in [0.05, 0.1) is 11.4 Å². The number of anilines is 1. The van der Waals surface area contributed by atoms with Crippen molar-refractivity contribution in [2.45, 2.75) is 25.7 Å². The molecule has 0 aliphatic carbocycles. The van der Waals surface area contributed by atoms with Crippen molar-refractivity contribution in [3.63, 3.8) is 0 Å². The van der Waals surface area contributed by atoms with E-state index >= 15 is 0 Å². The summed E-state index contributed by atoms with van der Waals surface area (Å²) in [6.07, 6.45) is 0. The standard InChI is InChI=1S/C18H22N2O3S/c1-13-5-8-16(9-6-13)24(22,23)20(4)12-18(21)19-17-10-7-14(2)11-15(17)3/h5-11H,12H2,1-4H3,(H,19,21). The number of nitrogens with one attached hydrogen (secondary N) is 1. The molecule has 2 rings (SSSR count). The van der Waals surface area contributed by atoms with Crippen molar-refractivity contribution in [1.82, 2.24) is 4.31 Å². The Morgan fingerprint density at radius 3 is 2.17 bits per heavy atom. The number of hydrogen-bond donors (Lipinski definition) is 1. The van der Waals surface area contributed by atoms with Crippen molar-refractivity contribution in [2.24, 2.45) is 0 Å². The van der Waals surface area contributed by atoms with Gasteiger partial charge in [-0.25, -0.2) is 8.42 Å². The zero-order chi connectivity index (χ0) is 17.9. The van der Waals surface area contributed by atoms with E-state index < -0.39 is 10.0 Å². The highest BCUT2D eigenvalue weighted by atomic mass is 32.2. The van der Waals surface area contributed by atoms with Crippen LogP contribution in [0.1, 0.15) is 16.7 Å². The molecule has 2 aromatic carbocycles. The number of sulfonamides is 1. The zero-order valence-electron chi connectivity index (χ0n) is 14.3. The average molecular weight is 346 g/mol. The number of rotatable bonds is 5. The summed E-state index contributed by atoms with van der Waals surface area (Å²) in [5.74, 6) is -0.375. The molecule has 0 spiro atoms. The second-order valence-corrected chi connectivity index (χ2v) is 7.99. The van der Waals surface area contributed by atoms with Crippen molar-refractivity contribution in [3.05, 3.63) is 59.2 Å². The van der Waals surface area contributed by atoms with Crippen LogP contribution in [-0.2, 0) is 14.8 Å². The minimum Gasteiger partial charge on any atom is -0.325 e. The third-order valence-corrected chi connectivity index (χ3v) is 5.57. The summed E-state index contributed by atoms with van der Waals surface area (Å²) >= 11 is 0. The molecule has 0 fully saturated rings. The summed E-state index contributed by atoms with van der Waals surface area (Å²) in [4.78, 5) is 12.4. The van der Waals surface area contributed by atoms with Crippen LogP contribution in [0, 0.1) is 20.8 Å². The minimum absolute atomic E-state index is 0.176. The van der Waals surface area contributed by atoms with Crippen LogP contribution in [-0.4, -0.2) is 32.2 Å². The molecule has 5 nitrogen and oxygen atoms in total. The molecule has 0 unspecified atom stereocenters. The van der Waals surface area contributed by atoms with Crippen molar-refractivity contribution in [3.8, 4) is 0 Å². The SMILES string of the molecule is Cc1ccc(S(=O)(=O)N(C)CC(=O)Nc2ccc(C)cc2C)cc1. The Morgan fingerprint density at radius 1 is 1.00 bits per heavy atom. The lowest BCUT2D eigenvalue weighted by molar-refractivity contribution is -0.116. The molecule has 0 heterocycles. The van der Waals surface area contributed by atoms with Gasteiger partial charge < -0.3 is 5.32 Å². The smallest absolute Gasteiger partial charge is 0.243 e. The van der Waals surface area contributed by atoms with Gasteiger partial charge in [0.1, 0.15) is 0 Å². The largest absolute Gasteiger partial charge is 0.325 e. The maximum atomic E-state index is 12.5. The fourth-order valence-electron chi connectivity index (χ4n) is 2.32. The lowest BCUT2D eigenvalue weighted by atomic mass is 10.1. The van der Waals surface area contributed by atoms with E-state index in [0.29, 0.717) is 5.69 Å². The first-order valence-corrected chi connectivity index (χ1v) is 9.04. The van der Waals surface area contributed by atoms with Crippen LogP contribution in [0.15, 0.2) is 47.4 Å². The van der Waals surface area contributed by atoms with Gasteiger partial charge in [0.2, 0.25) is 15.9 Å². The maximum Gasteiger partial charge on any atom is 0.243 e. The van der Waals surface area contributed by atoms with Crippen molar-refractivity contribution < 1.29 is 13.2 Å². The molecule has 0 saturated heterocycles. The Balaban J connectivity index is 2.09. The first kappa shape index (κ1) is 18.2. The van der Waals surface area contributed by atoms with Crippen molar-refractivity contribution in [1.29, 1.82) is 0 Å². The molecule has 1 N–H and O–H groups in total. The summed E-state index contributed by atoms with van der Waals surface area (Å²) < 4.78 is 26.0. The third kappa shape index (κ3) is 4.21. The highest BCUT2D eigenvalue weighted by Crippen LogP contribution is 2.17. The molecule has 0 aliphatic rings. The van der Waals surface area contributed by atoms with Crippen LogP contribution in [0.3, 0.4) is 0 Å². The van der Waals surface area contributed by atoms with Gasteiger partial charge in [0.25, 0.3) is 0 Å². The summed E-state index contributed by atoms with van der Waals surface area (Å²) in [5, 5.41) is 2.76. The van der Waals surface area contributed by atoms with Crippen LogP contribution in [0.2, 0.25) is 0 Å². The molecule has 0 atom stereocenters. The predicted molar refractivity (Wildman–Crippen MR) is 95.5 cm³/mol.